The van der Waals surface area contributed by atoms with Gasteiger partial charge in [-0.15, -0.1) is 0 Å². The van der Waals surface area contributed by atoms with Gasteiger partial charge in [0.2, 0.25) is 0 Å². The minimum absolute atomic E-state index is 0.229. The molecule has 0 unspecified atom stereocenters. The zero-order valence-corrected chi connectivity index (χ0v) is 14.3. The lowest BCUT2D eigenvalue weighted by atomic mass is 10.2. The molecule has 0 saturated heterocycles. The molecule has 0 fully saturated rings. The molecule has 0 amide bonds. The Bertz CT molecular complexity index is 456. The Balaban J connectivity index is 3.05. The molecule has 0 aromatic heterocycles. The molecule has 1 rings (SSSR count). The smallest absolute Gasteiger partial charge is 0.450 e. The van der Waals surface area contributed by atoms with Gasteiger partial charge in [0.1, 0.15) is 0 Å². The number of hydrogen-bond acceptors (Lipinski definition) is 2. The molecule has 0 aliphatic heterocycles. The molecule has 4 heteroatoms. The standard InChI is InChI=1S/C17H26O3Si/c1-4-21(5-2,6-3)16(13-10-14-20-17(18)19)15-11-8-7-9-12-15/h7-9,11-13H,4-6,10,14H2,1-3H3,(H,18,19). The molecule has 0 atom stereocenters. The Morgan fingerprint density at radius 1 is 1.14 bits per heavy atom. The highest BCUT2D eigenvalue weighted by Crippen LogP contribution is 2.35. The average molecular weight is 306 g/mol. The summed E-state index contributed by atoms with van der Waals surface area (Å²) in [6.45, 7) is 7.07. The molecule has 0 bridgehead atoms. The third kappa shape index (κ3) is 4.74. The topological polar surface area (TPSA) is 46.5 Å². The van der Waals surface area contributed by atoms with Crippen LogP contribution in [0.1, 0.15) is 32.8 Å². The second kappa shape index (κ2) is 8.67. The fourth-order valence-corrected chi connectivity index (χ4v) is 6.93. The summed E-state index contributed by atoms with van der Waals surface area (Å²) in [5.74, 6) is 0. The van der Waals surface area contributed by atoms with E-state index in [1.54, 1.807) is 0 Å². The molecule has 21 heavy (non-hydrogen) atoms. The lowest BCUT2D eigenvalue weighted by Gasteiger charge is -2.32. The summed E-state index contributed by atoms with van der Waals surface area (Å²) in [5, 5.41) is 10.0. The quantitative estimate of drug-likeness (QED) is 0.408. The molecule has 3 nitrogen and oxygen atoms in total. The Kier molecular flexibility index (Phi) is 7.23. The molecule has 0 radical (unpaired) electrons. The van der Waals surface area contributed by atoms with Crippen LogP contribution in [-0.4, -0.2) is 25.9 Å². The molecule has 1 aromatic rings. The van der Waals surface area contributed by atoms with Crippen molar-refractivity contribution >= 4 is 19.4 Å². The van der Waals surface area contributed by atoms with Gasteiger partial charge < -0.3 is 9.84 Å². The highest BCUT2D eigenvalue weighted by Gasteiger charge is 2.31. The summed E-state index contributed by atoms with van der Waals surface area (Å²) in [7, 11) is -1.51. The zero-order chi connectivity index (χ0) is 15.7. The monoisotopic (exact) mass is 306 g/mol. The van der Waals surface area contributed by atoms with E-state index in [1.807, 2.05) is 6.07 Å². The summed E-state index contributed by atoms with van der Waals surface area (Å²) in [4.78, 5) is 10.4. The lowest BCUT2D eigenvalue weighted by molar-refractivity contribution is 0.0933. The van der Waals surface area contributed by atoms with Crippen molar-refractivity contribution in [3.63, 3.8) is 0 Å². The Hall–Kier alpha value is -1.55. The van der Waals surface area contributed by atoms with E-state index in [0.717, 1.165) is 0 Å². The minimum atomic E-state index is -1.51. The van der Waals surface area contributed by atoms with Crippen LogP contribution in [0.3, 0.4) is 0 Å². The van der Waals surface area contributed by atoms with E-state index in [2.05, 4.69) is 55.8 Å². The van der Waals surface area contributed by atoms with Crippen LogP contribution in [0.2, 0.25) is 18.1 Å². The molecule has 0 aliphatic carbocycles. The van der Waals surface area contributed by atoms with E-state index >= 15 is 0 Å². The number of carbonyl (C=O) groups is 1. The number of rotatable bonds is 8. The maximum absolute atomic E-state index is 10.4. The Morgan fingerprint density at radius 2 is 1.71 bits per heavy atom. The summed E-state index contributed by atoms with van der Waals surface area (Å²) in [5.41, 5.74) is 1.28. The van der Waals surface area contributed by atoms with Crippen molar-refractivity contribution in [1.82, 2.24) is 0 Å². The molecule has 1 N–H and O–H groups in total. The van der Waals surface area contributed by atoms with Crippen molar-refractivity contribution in [2.75, 3.05) is 6.61 Å². The lowest BCUT2D eigenvalue weighted by Crippen LogP contribution is -2.33. The van der Waals surface area contributed by atoms with Gasteiger partial charge in [0.05, 0.1) is 14.7 Å². The number of hydrogen-bond donors (Lipinski definition) is 1. The van der Waals surface area contributed by atoms with E-state index < -0.39 is 14.2 Å². The molecule has 0 spiro atoms. The van der Waals surface area contributed by atoms with Crippen LogP contribution in [0, 0.1) is 0 Å². The molecule has 116 valence electrons. The van der Waals surface area contributed by atoms with Crippen molar-refractivity contribution in [2.45, 2.75) is 45.3 Å². The first kappa shape index (κ1) is 17.5. The minimum Gasteiger partial charge on any atom is -0.450 e. The normalized spacial score (nSPS) is 12.2. The molecular weight excluding hydrogens is 280 g/mol. The van der Waals surface area contributed by atoms with Crippen LogP contribution in [0.25, 0.3) is 5.20 Å². The predicted molar refractivity (Wildman–Crippen MR) is 90.2 cm³/mol. The van der Waals surface area contributed by atoms with Crippen LogP contribution < -0.4 is 0 Å². The highest BCUT2D eigenvalue weighted by atomic mass is 28.3. The summed E-state index contributed by atoms with van der Waals surface area (Å²) >= 11 is 0. The second-order valence-corrected chi connectivity index (χ2v) is 10.4. The SMILES string of the molecule is CC[Si](CC)(CC)C(=CCCOC(=O)O)c1ccccc1. The first-order valence-electron chi connectivity index (χ1n) is 7.71. The van der Waals surface area contributed by atoms with Crippen LogP contribution in [-0.2, 0) is 4.74 Å². The summed E-state index contributed by atoms with van der Waals surface area (Å²) in [6, 6.07) is 14.1. The number of benzene rings is 1. The van der Waals surface area contributed by atoms with Gasteiger partial charge in [-0.05, 0) is 12.0 Å². The van der Waals surface area contributed by atoms with Gasteiger partial charge in [-0.1, -0.05) is 80.5 Å². The predicted octanol–water partition coefficient (Wildman–Crippen LogP) is 5.20. The number of carboxylic acid groups (broad SMARTS) is 1. The Morgan fingerprint density at radius 3 is 2.19 bits per heavy atom. The molecule has 0 aliphatic rings. The van der Waals surface area contributed by atoms with Gasteiger partial charge >= 0.3 is 6.16 Å². The van der Waals surface area contributed by atoms with Gasteiger partial charge in [-0.25, -0.2) is 4.79 Å². The van der Waals surface area contributed by atoms with Crippen molar-refractivity contribution < 1.29 is 14.6 Å². The summed E-state index contributed by atoms with van der Waals surface area (Å²) < 4.78 is 4.63. The fourth-order valence-electron chi connectivity index (χ4n) is 2.93. The molecule has 0 heterocycles. The second-order valence-electron chi connectivity index (χ2n) is 5.23. The van der Waals surface area contributed by atoms with E-state index in [-0.39, 0.29) is 6.61 Å². The largest absolute Gasteiger partial charge is 0.505 e. The highest BCUT2D eigenvalue weighted by molar-refractivity contribution is 6.96. The maximum Gasteiger partial charge on any atom is 0.505 e. The van der Waals surface area contributed by atoms with E-state index in [1.165, 1.54) is 28.9 Å². The van der Waals surface area contributed by atoms with Crippen molar-refractivity contribution in [3.8, 4) is 0 Å². The third-order valence-corrected chi connectivity index (χ3v) is 10.1. The van der Waals surface area contributed by atoms with Crippen LogP contribution >= 0.6 is 0 Å². The molecule has 0 saturated carbocycles. The van der Waals surface area contributed by atoms with Crippen LogP contribution in [0.5, 0.6) is 0 Å². The first-order chi connectivity index (χ1) is 10.1. The van der Waals surface area contributed by atoms with Crippen LogP contribution in [0.15, 0.2) is 36.4 Å². The average Bonchev–Trinajstić information content (AvgIpc) is 2.51. The van der Waals surface area contributed by atoms with E-state index in [0.29, 0.717) is 6.42 Å². The summed E-state index contributed by atoms with van der Waals surface area (Å²) in [6.07, 6.45) is 1.65. The Labute approximate surface area is 128 Å². The van der Waals surface area contributed by atoms with E-state index in [4.69, 9.17) is 5.11 Å². The van der Waals surface area contributed by atoms with E-state index in [9.17, 15) is 4.79 Å². The van der Waals surface area contributed by atoms with Crippen molar-refractivity contribution in [1.29, 1.82) is 0 Å². The van der Waals surface area contributed by atoms with Gasteiger partial charge in [0.15, 0.2) is 0 Å². The van der Waals surface area contributed by atoms with Crippen LogP contribution in [0.4, 0.5) is 4.79 Å². The van der Waals surface area contributed by atoms with Gasteiger partial charge in [0.25, 0.3) is 0 Å². The first-order valence-corrected chi connectivity index (χ1v) is 10.3. The van der Waals surface area contributed by atoms with Gasteiger partial charge in [-0.2, -0.15) is 0 Å². The third-order valence-electron chi connectivity index (χ3n) is 4.38. The fraction of sp³-hybridized carbons (Fsp3) is 0.471. The molecule has 1 aromatic carbocycles. The van der Waals surface area contributed by atoms with Crippen molar-refractivity contribution in [2.24, 2.45) is 0 Å². The van der Waals surface area contributed by atoms with Gasteiger partial charge in [-0.3, -0.25) is 0 Å². The molecular formula is C17H26O3Si. The van der Waals surface area contributed by atoms with Gasteiger partial charge in [0, 0.05) is 0 Å². The number of ether oxygens (including phenoxy) is 1. The zero-order valence-electron chi connectivity index (χ0n) is 13.3. The maximum atomic E-state index is 10.4. The van der Waals surface area contributed by atoms with Crippen molar-refractivity contribution in [3.05, 3.63) is 42.0 Å².